The minimum Gasteiger partial charge on any atom is -0.374 e. The van der Waals surface area contributed by atoms with Gasteiger partial charge in [0.1, 0.15) is 0 Å². The molecule has 0 aromatic carbocycles. The maximum atomic E-state index is 11.8. The number of amides is 1. The van der Waals surface area contributed by atoms with E-state index in [9.17, 15) is 4.79 Å². The first-order valence-corrected chi connectivity index (χ1v) is 5.76. The smallest absolute Gasteiger partial charge is 0.282 e. The summed E-state index contributed by atoms with van der Waals surface area (Å²) in [5.74, 6) is -0.282. The van der Waals surface area contributed by atoms with Gasteiger partial charge in [-0.1, -0.05) is 11.3 Å². The minimum atomic E-state index is -0.282. The number of nitrogens with one attached hydrogen (secondary N) is 1. The molecule has 0 aliphatic rings. The van der Waals surface area contributed by atoms with Crippen LogP contribution in [0.5, 0.6) is 0 Å². The van der Waals surface area contributed by atoms with Gasteiger partial charge in [-0.2, -0.15) is 5.10 Å². The average Bonchev–Trinajstić information content (AvgIpc) is 2.87. The highest BCUT2D eigenvalue weighted by Crippen LogP contribution is 2.14. The van der Waals surface area contributed by atoms with E-state index in [1.807, 2.05) is 20.2 Å². The molecule has 0 saturated carbocycles. The van der Waals surface area contributed by atoms with Crippen molar-refractivity contribution >= 4 is 22.4 Å². The number of hydrogen-bond acceptors (Lipinski definition) is 6. The summed E-state index contributed by atoms with van der Waals surface area (Å²) in [6.45, 7) is 1.87. The van der Waals surface area contributed by atoms with Crippen molar-refractivity contribution in [1.82, 2.24) is 25.3 Å². The summed E-state index contributed by atoms with van der Waals surface area (Å²) in [5, 5.41) is 14.7. The van der Waals surface area contributed by atoms with Gasteiger partial charge in [0, 0.05) is 18.8 Å². The summed E-state index contributed by atoms with van der Waals surface area (Å²) >= 11 is 1.06. The zero-order chi connectivity index (χ0) is 12.4. The van der Waals surface area contributed by atoms with Gasteiger partial charge in [-0.3, -0.25) is 9.48 Å². The SMILES string of the molecule is CC(NC(=O)c1nnc(N)s1)c1cnn(C)c1. The molecular formula is C9H12N6OS. The zero-order valence-corrected chi connectivity index (χ0v) is 10.2. The molecule has 0 bridgehead atoms. The van der Waals surface area contributed by atoms with E-state index in [-0.39, 0.29) is 22.1 Å². The number of carbonyl (C=O) groups is 1. The van der Waals surface area contributed by atoms with Crippen LogP contribution in [0, 0.1) is 0 Å². The highest BCUT2D eigenvalue weighted by Gasteiger charge is 2.16. The van der Waals surface area contributed by atoms with Gasteiger partial charge in [0.2, 0.25) is 10.1 Å². The second-order valence-electron chi connectivity index (χ2n) is 3.59. The van der Waals surface area contributed by atoms with Gasteiger partial charge in [-0.15, -0.1) is 10.2 Å². The van der Waals surface area contributed by atoms with Crippen LogP contribution in [0.25, 0.3) is 0 Å². The Kier molecular flexibility index (Phi) is 3.05. The van der Waals surface area contributed by atoms with E-state index in [1.54, 1.807) is 10.9 Å². The van der Waals surface area contributed by atoms with Gasteiger partial charge >= 0.3 is 0 Å². The van der Waals surface area contributed by atoms with Crippen molar-refractivity contribution in [3.63, 3.8) is 0 Å². The number of nitrogen functional groups attached to an aromatic ring is 1. The van der Waals surface area contributed by atoms with Crippen LogP contribution in [-0.4, -0.2) is 25.9 Å². The van der Waals surface area contributed by atoms with E-state index in [4.69, 9.17) is 5.73 Å². The van der Waals surface area contributed by atoms with Gasteiger partial charge in [0.15, 0.2) is 0 Å². The fourth-order valence-corrected chi connectivity index (χ4v) is 1.84. The predicted octanol–water partition coefficient (Wildman–Crippen LogP) is 0.345. The number of hydrogen-bond donors (Lipinski definition) is 2. The van der Waals surface area contributed by atoms with Crippen LogP contribution in [-0.2, 0) is 7.05 Å². The molecule has 0 spiro atoms. The fourth-order valence-electron chi connectivity index (χ4n) is 1.33. The van der Waals surface area contributed by atoms with E-state index in [2.05, 4.69) is 20.6 Å². The minimum absolute atomic E-state index is 0.138. The largest absolute Gasteiger partial charge is 0.374 e. The molecule has 90 valence electrons. The van der Waals surface area contributed by atoms with Crippen molar-refractivity contribution in [2.24, 2.45) is 7.05 Å². The molecule has 2 aromatic rings. The Balaban J connectivity index is 2.04. The molecule has 2 aromatic heterocycles. The lowest BCUT2D eigenvalue weighted by molar-refractivity contribution is 0.0939. The van der Waals surface area contributed by atoms with Crippen LogP contribution >= 0.6 is 11.3 Å². The summed E-state index contributed by atoms with van der Waals surface area (Å²) in [4.78, 5) is 11.8. The normalized spacial score (nSPS) is 12.4. The summed E-state index contributed by atoms with van der Waals surface area (Å²) in [5.41, 5.74) is 6.34. The number of nitrogens with two attached hydrogens (primary N) is 1. The van der Waals surface area contributed by atoms with Crippen LogP contribution in [0.1, 0.15) is 28.3 Å². The standard InChI is InChI=1S/C9H12N6OS/c1-5(6-3-11-15(2)4-6)12-7(16)8-13-14-9(10)17-8/h3-5H,1-2H3,(H2,10,14)(H,12,16). The van der Waals surface area contributed by atoms with E-state index in [1.165, 1.54) is 0 Å². The molecule has 2 heterocycles. The Morgan fingerprint density at radius 2 is 2.35 bits per heavy atom. The number of carbonyl (C=O) groups excluding carboxylic acids is 1. The quantitative estimate of drug-likeness (QED) is 0.821. The molecule has 1 unspecified atom stereocenters. The van der Waals surface area contributed by atoms with Crippen LogP contribution in [0.15, 0.2) is 12.4 Å². The van der Waals surface area contributed by atoms with Crippen molar-refractivity contribution in [2.45, 2.75) is 13.0 Å². The van der Waals surface area contributed by atoms with Crippen LogP contribution in [0.2, 0.25) is 0 Å². The third-order valence-electron chi connectivity index (χ3n) is 2.21. The second-order valence-corrected chi connectivity index (χ2v) is 4.60. The molecular weight excluding hydrogens is 240 g/mol. The van der Waals surface area contributed by atoms with Gasteiger partial charge in [0.25, 0.3) is 5.91 Å². The molecule has 17 heavy (non-hydrogen) atoms. The molecule has 2 rings (SSSR count). The van der Waals surface area contributed by atoms with Gasteiger partial charge in [-0.05, 0) is 6.92 Å². The lowest BCUT2D eigenvalue weighted by atomic mass is 10.2. The third-order valence-corrected chi connectivity index (χ3v) is 2.96. The van der Waals surface area contributed by atoms with E-state index in [0.717, 1.165) is 16.9 Å². The van der Waals surface area contributed by atoms with E-state index in [0.29, 0.717) is 0 Å². The number of rotatable bonds is 3. The number of aromatic nitrogens is 4. The van der Waals surface area contributed by atoms with E-state index >= 15 is 0 Å². The Bertz CT molecular complexity index is 533. The third kappa shape index (κ3) is 2.59. The summed E-state index contributed by atoms with van der Waals surface area (Å²) < 4.78 is 1.68. The molecule has 1 amide bonds. The molecule has 0 aliphatic heterocycles. The first kappa shape index (κ1) is 11.5. The topological polar surface area (TPSA) is 98.7 Å². The van der Waals surface area contributed by atoms with Crippen molar-refractivity contribution in [3.05, 3.63) is 23.0 Å². The Hall–Kier alpha value is -1.96. The summed E-state index contributed by atoms with van der Waals surface area (Å²) in [6.07, 6.45) is 3.55. The van der Waals surface area contributed by atoms with Crippen molar-refractivity contribution in [3.8, 4) is 0 Å². The zero-order valence-electron chi connectivity index (χ0n) is 9.41. The van der Waals surface area contributed by atoms with Crippen molar-refractivity contribution < 1.29 is 4.79 Å². The molecule has 7 nitrogen and oxygen atoms in total. The van der Waals surface area contributed by atoms with Gasteiger partial charge < -0.3 is 11.1 Å². The van der Waals surface area contributed by atoms with Crippen LogP contribution in [0.4, 0.5) is 5.13 Å². The monoisotopic (exact) mass is 252 g/mol. The maximum absolute atomic E-state index is 11.8. The Labute approximate surface area is 102 Å². The van der Waals surface area contributed by atoms with Crippen LogP contribution in [0.3, 0.4) is 0 Å². The summed E-state index contributed by atoms with van der Waals surface area (Å²) in [7, 11) is 1.82. The van der Waals surface area contributed by atoms with Gasteiger partial charge in [0.05, 0.1) is 12.2 Å². The Morgan fingerprint density at radius 1 is 1.59 bits per heavy atom. The Morgan fingerprint density at radius 3 is 2.88 bits per heavy atom. The number of anilines is 1. The van der Waals surface area contributed by atoms with Gasteiger partial charge in [-0.25, -0.2) is 0 Å². The summed E-state index contributed by atoms with van der Waals surface area (Å²) in [6, 6.07) is -0.138. The molecule has 0 saturated heterocycles. The van der Waals surface area contributed by atoms with Crippen molar-refractivity contribution in [1.29, 1.82) is 0 Å². The average molecular weight is 252 g/mol. The maximum Gasteiger partial charge on any atom is 0.282 e. The molecule has 0 fully saturated rings. The first-order chi connectivity index (χ1) is 8.06. The fraction of sp³-hybridized carbons (Fsp3) is 0.333. The molecule has 0 radical (unpaired) electrons. The second kappa shape index (κ2) is 4.50. The lowest BCUT2D eigenvalue weighted by Crippen LogP contribution is -2.26. The first-order valence-electron chi connectivity index (χ1n) is 4.94. The lowest BCUT2D eigenvalue weighted by Gasteiger charge is -2.09. The van der Waals surface area contributed by atoms with Crippen LogP contribution < -0.4 is 11.1 Å². The van der Waals surface area contributed by atoms with E-state index < -0.39 is 0 Å². The highest BCUT2D eigenvalue weighted by atomic mass is 32.1. The molecule has 1 atom stereocenters. The van der Waals surface area contributed by atoms with Crippen molar-refractivity contribution in [2.75, 3.05) is 5.73 Å². The molecule has 8 heteroatoms. The highest BCUT2D eigenvalue weighted by molar-refractivity contribution is 7.16. The number of aryl methyl sites for hydroxylation is 1. The number of nitrogens with zero attached hydrogens (tertiary/aromatic N) is 4. The molecule has 0 aliphatic carbocycles. The molecule has 3 N–H and O–H groups in total. The predicted molar refractivity (Wildman–Crippen MR) is 63.4 cm³/mol.